The highest BCUT2D eigenvalue weighted by Gasteiger charge is 2.26. The van der Waals surface area contributed by atoms with Crippen LogP contribution in [0.25, 0.3) is 27.9 Å². The van der Waals surface area contributed by atoms with Crippen molar-refractivity contribution >= 4 is 45.6 Å². The van der Waals surface area contributed by atoms with E-state index in [9.17, 15) is 4.79 Å². The number of hydrogen-bond acceptors (Lipinski definition) is 5. The quantitative estimate of drug-likeness (QED) is 0.504. The standard InChI is InChI=1S/C21H19ClN4O2/c1-3-12(2)28-21(27)17-18-20(25-16-10-5-4-9-15(16)24-18)26(19(17)23)14-8-6-7-13(22)11-14/h4-12H,3,23H2,1-2H3/t12-/m1/s1. The van der Waals surface area contributed by atoms with E-state index in [1.54, 1.807) is 16.7 Å². The van der Waals surface area contributed by atoms with Crippen LogP contribution in [0.15, 0.2) is 48.5 Å². The maximum absolute atomic E-state index is 12.9. The maximum atomic E-state index is 12.9. The summed E-state index contributed by atoms with van der Waals surface area (Å²) in [7, 11) is 0. The second-order valence-electron chi connectivity index (χ2n) is 6.58. The molecule has 6 nitrogen and oxygen atoms in total. The molecule has 2 aromatic heterocycles. The average Bonchev–Trinajstić information content (AvgIpc) is 2.96. The van der Waals surface area contributed by atoms with Crippen LogP contribution >= 0.6 is 11.6 Å². The monoisotopic (exact) mass is 394 g/mol. The fourth-order valence-corrected chi connectivity index (χ4v) is 3.25. The Morgan fingerprint density at radius 1 is 1.18 bits per heavy atom. The number of fused-ring (bicyclic) bond motifs is 2. The number of carbonyl (C=O) groups excluding carboxylic acids is 1. The molecule has 142 valence electrons. The Bertz CT molecular complexity index is 1200. The summed E-state index contributed by atoms with van der Waals surface area (Å²) >= 11 is 6.17. The fraction of sp³-hybridized carbons (Fsp3) is 0.190. The van der Waals surface area contributed by atoms with Gasteiger partial charge in [-0.1, -0.05) is 36.7 Å². The molecule has 2 N–H and O–H groups in total. The molecule has 0 aliphatic rings. The minimum Gasteiger partial charge on any atom is -0.459 e. The van der Waals surface area contributed by atoms with E-state index >= 15 is 0 Å². The van der Waals surface area contributed by atoms with E-state index in [4.69, 9.17) is 27.1 Å². The summed E-state index contributed by atoms with van der Waals surface area (Å²) < 4.78 is 7.22. The molecule has 0 unspecified atom stereocenters. The first kappa shape index (κ1) is 18.3. The number of nitrogen functional groups attached to an aromatic ring is 1. The van der Waals surface area contributed by atoms with Crippen molar-refractivity contribution in [2.75, 3.05) is 5.73 Å². The Balaban J connectivity index is 2.04. The largest absolute Gasteiger partial charge is 0.459 e. The molecule has 0 saturated carbocycles. The summed E-state index contributed by atoms with van der Waals surface area (Å²) in [5.41, 5.74) is 9.60. The van der Waals surface area contributed by atoms with Gasteiger partial charge in [0.2, 0.25) is 0 Å². The van der Waals surface area contributed by atoms with Crippen molar-refractivity contribution in [1.29, 1.82) is 0 Å². The van der Waals surface area contributed by atoms with Crippen LogP contribution in [0.2, 0.25) is 5.02 Å². The van der Waals surface area contributed by atoms with E-state index < -0.39 is 5.97 Å². The number of esters is 1. The molecule has 0 fully saturated rings. The summed E-state index contributed by atoms with van der Waals surface area (Å²) in [4.78, 5) is 22.3. The zero-order valence-electron chi connectivity index (χ0n) is 15.5. The van der Waals surface area contributed by atoms with Crippen molar-refractivity contribution in [2.45, 2.75) is 26.4 Å². The molecule has 4 aromatic rings. The SMILES string of the molecule is CC[C@@H](C)OC(=O)c1c(N)n(-c2cccc(Cl)c2)c2nc3ccccc3nc12. The van der Waals surface area contributed by atoms with Crippen molar-refractivity contribution in [3.63, 3.8) is 0 Å². The molecular weight excluding hydrogens is 376 g/mol. The molecule has 0 aliphatic heterocycles. The first-order valence-corrected chi connectivity index (χ1v) is 9.41. The maximum Gasteiger partial charge on any atom is 0.344 e. The first-order valence-electron chi connectivity index (χ1n) is 9.03. The smallest absolute Gasteiger partial charge is 0.344 e. The Kier molecular flexibility index (Phi) is 4.65. The van der Waals surface area contributed by atoms with Crippen molar-refractivity contribution in [1.82, 2.24) is 14.5 Å². The van der Waals surface area contributed by atoms with Gasteiger partial charge in [-0.25, -0.2) is 14.8 Å². The predicted octanol–water partition coefficient (Wildman–Crippen LogP) is 4.76. The Morgan fingerprint density at radius 3 is 2.57 bits per heavy atom. The van der Waals surface area contributed by atoms with Gasteiger partial charge in [0.05, 0.1) is 22.8 Å². The normalized spacial score (nSPS) is 12.4. The van der Waals surface area contributed by atoms with Crippen molar-refractivity contribution in [3.05, 3.63) is 59.1 Å². The highest BCUT2D eigenvalue weighted by molar-refractivity contribution is 6.30. The topological polar surface area (TPSA) is 83.0 Å². The number of anilines is 1. The van der Waals surface area contributed by atoms with E-state index in [1.165, 1.54) is 0 Å². The van der Waals surface area contributed by atoms with Gasteiger partial charge in [-0.2, -0.15) is 0 Å². The lowest BCUT2D eigenvalue weighted by atomic mass is 10.2. The second-order valence-corrected chi connectivity index (χ2v) is 7.02. The Hall–Kier alpha value is -3.12. The predicted molar refractivity (Wildman–Crippen MR) is 111 cm³/mol. The van der Waals surface area contributed by atoms with Gasteiger partial charge in [0.15, 0.2) is 5.65 Å². The van der Waals surface area contributed by atoms with Crippen LogP contribution in [0, 0.1) is 0 Å². The number of halogens is 1. The van der Waals surface area contributed by atoms with Gasteiger partial charge in [-0.05, 0) is 43.7 Å². The van der Waals surface area contributed by atoms with Gasteiger partial charge in [-0.15, -0.1) is 0 Å². The summed E-state index contributed by atoms with van der Waals surface area (Å²) in [6, 6.07) is 14.7. The number of carbonyl (C=O) groups is 1. The molecule has 2 aromatic carbocycles. The number of ether oxygens (including phenoxy) is 1. The van der Waals surface area contributed by atoms with E-state index in [2.05, 4.69) is 4.98 Å². The van der Waals surface area contributed by atoms with Crippen LogP contribution in [0.3, 0.4) is 0 Å². The molecule has 0 radical (unpaired) electrons. The van der Waals surface area contributed by atoms with E-state index in [-0.39, 0.29) is 17.5 Å². The van der Waals surface area contributed by atoms with Gasteiger partial charge in [-0.3, -0.25) is 4.57 Å². The molecule has 0 amide bonds. The van der Waals surface area contributed by atoms with Gasteiger partial charge in [0.1, 0.15) is 16.9 Å². The van der Waals surface area contributed by atoms with Crippen LogP contribution in [0.4, 0.5) is 5.82 Å². The number of nitrogens with zero attached hydrogens (tertiary/aromatic N) is 3. The van der Waals surface area contributed by atoms with Crippen molar-refractivity contribution < 1.29 is 9.53 Å². The summed E-state index contributed by atoms with van der Waals surface area (Å²) in [5.74, 6) is -0.289. The number of aromatic nitrogens is 3. The number of benzene rings is 2. The number of hydrogen-bond donors (Lipinski definition) is 1. The number of rotatable bonds is 4. The minimum atomic E-state index is -0.512. The summed E-state index contributed by atoms with van der Waals surface area (Å²) in [6.45, 7) is 3.79. The third-order valence-electron chi connectivity index (χ3n) is 4.65. The molecule has 28 heavy (non-hydrogen) atoms. The van der Waals surface area contributed by atoms with Crippen LogP contribution in [0.1, 0.15) is 30.6 Å². The third kappa shape index (κ3) is 3.05. The molecule has 4 rings (SSSR count). The molecule has 0 spiro atoms. The zero-order valence-corrected chi connectivity index (χ0v) is 16.3. The lowest BCUT2D eigenvalue weighted by Crippen LogP contribution is -2.15. The number of nitrogens with two attached hydrogens (primary N) is 1. The zero-order chi connectivity index (χ0) is 19.8. The lowest BCUT2D eigenvalue weighted by molar-refractivity contribution is 0.0338. The molecular formula is C21H19ClN4O2. The second kappa shape index (κ2) is 7.13. The summed E-state index contributed by atoms with van der Waals surface area (Å²) in [5, 5.41) is 0.552. The number of para-hydroxylation sites is 2. The minimum absolute atomic E-state index is 0.216. The van der Waals surface area contributed by atoms with Crippen LogP contribution in [0.5, 0.6) is 0 Å². The molecule has 0 saturated heterocycles. The van der Waals surface area contributed by atoms with Crippen LogP contribution in [-0.4, -0.2) is 26.6 Å². The van der Waals surface area contributed by atoms with Gasteiger partial charge in [0, 0.05) is 5.02 Å². The van der Waals surface area contributed by atoms with Crippen molar-refractivity contribution in [2.24, 2.45) is 0 Å². The molecule has 7 heteroatoms. The molecule has 2 heterocycles. The van der Waals surface area contributed by atoms with Crippen LogP contribution < -0.4 is 5.73 Å². The van der Waals surface area contributed by atoms with Gasteiger partial charge < -0.3 is 10.5 Å². The Labute approximate surface area is 166 Å². The summed E-state index contributed by atoms with van der Waals surface area (Å²) in [6.07, 6.45) is 0.470. The third-order valence-corrected chi connectivity index (χ3v) is 4.89. The van der Waals surface area contributed by atoms with Gasteiger partial charge in [0.25, 0.3) is 0 Å². The van der Waals surface area contributed by atoms with E-state index in [0.717, 1.165) is 0 Å². The highest BCUT2D eigenvalue weighted by Crippen LogP contribution is 2.32. The van der Waals surface area contributed by atoms with E-state index in [0.29, 0.717) is 39.3 Å². The highest BCUT2D eigenvalue weighted by atomic mass is 35.5. The Morgan fingerprint density at radius 2 is 1.89 bits per heavy atom. The molecule has 0 aliphatic carbocycles. The average molecular weight is 395 g/mol. The van der Waals surface area contributed by atoms with Crippen molar-refractivity contribution in [3.8, 4) is 5.69 Å². The molecule has 1 atom stereocenters. The fourth-order valence-electron chi connectivity index (χ4n) is 3.06. The van der Waals surface area contributed by atoms with Gasteiger partial charge >= 0.3 is 5.97 Å². The van der Waals surface area contributed by atoms with E-state index in [1.807, 2.05) is 50.2 Å². The first-order chi connectivity index (χ1) is 13.5. The lowest BCUT2D eigenvalue weighted by Gasteiger charge is -2.11. The van der Waals surface area contributed by atoms with Crippen LogP contribution in [-0.2, 0) is 4.74 Å². The molecule has 0 bridgehead atoms.